The second kappa shape index (κ2) is 4.67. The summed E-state index contributed by atoms with van der Waals surface area (Å²) in [6.45, 7) is 2.19. The van der Waals surface area contributed by atoms with E-state index in [-0.39, 0.29) is 0 Å². The molecule has 4 heteroatoms. The molecule has 0 aliphatic carbocycles. The molecule has 0 radical (unpaired) electrons. The molecule has 1 saturated heterocycles. The van der Waals surface area contributed by atoms with E-state index in [9.17, 15) is 0 Å². The van der Waals surface area contributed by atoms with Gasteiger partial charge in [-0.25, -0.2) is 4.98 Å². The van der Waals surface area contributed by atoms with E-state index in [1.807, 2.05) is 37.1 Å². The van der Waals surface area contributed by atoms with Gasteiger partial charge in [0, 0.05) is 24.0 Å². The minimum absolute atomic E-state index is 0.571. The summed E-state index contributed by atoms with van der Waals surface area (Å²) >= 11 is 0. The number of imidazole rings is 1. The van der Waals surface area contributed by atoms with Gasteiger partial charge in [0.25, 0.3) is 0 Å². The Bertz CT molecular complexity index is 471. The van der Waals surface area contributed by atoms with E-state index in [2.05, 4.69) is 19.9 Å². The molecule has 0 aromatic carbocycles. The lowest BCUT2D eigenvalue weighted by Crippen LogP contribution is -2.29. The average molecular weight is 228 g/mol. The van der Waals surface area contributed by atoms with E-state index in [4.69, 9.17) is 0 Å². The van der Waals surface area contributed by atoms with Crippen molar-refractivity contribution in [3.63, 3.8) is 0 Å². The van der Waals surface area contributed by atoms with Gasteiger partial charge in [-0.2, -0.15) is 0 Å². The Hall–Kier alpha value is -1.68. The van der Waals surface area contributed by atoms with E-state index >= 15 is 0 Å². The highest BCUT2D eigenvalue weighted by molar-refractivity contribution is 5.58. The van der Waals surface area contributed by atoms with Crippen molar-refractivity contribution >= 4 is 0 Å². The standard InChI is InChI=1S/C13H16N4/c1-5-14-6-2-11(1)13-9-16-10-17(13)12-3-7-15-8-4-12/h1-2,5-6,9-10,12,15H,3-4,7-8H2. The van der Waals surface area contributed by atoms with Crippen LogP contribution in [-0.2, 0) is 0 Å². The number of hydrogen-bond acceptors (Lipinski definition) is 3. The maximum atomic E-state index is 4.30. The fraction of sp³-hybridized carbons (Fsp3) is 0.385. The summed E-state index contributed by atoms with van der Waals surface area (Å²) in [5.74, 6) is 0. The lowest BCUT2D eigenvalue weighted by molar-refractivity contribution is 0.370. The van der Waals surface area contributed by atoms with Crippen molar-refractivity contribution < 1.29 is 0 Å². The zero-order valence-corrected chi connectivity index (χ0v) is 9.71. The Balaban J connectivity index is 1.93. The molecule has 2 aromatic rings. The Kier molecular flexibility index (Phi) is 2.88. The third kappa shape index (κ3) is 2.08. The molecule has 3 rings (SSSR count). The Morgan fingerprint density at radius 3 is 2.65 bits per heavy atom. The summed E-state index contributed by atoms with van der Waals surface area (Å²) in [5.41, 5.74) is 2.38. The first-order valence-electron chi connectivity index (χ1n) is 6.08. The molecule has 3 heterocycles. The van der Waals surface area contributed by atoms with Gasteiger partial charge in [0.1, 0.15) is 0 Å². The van der Waals surface area contributed by atoms with E-state index in [1.165, 1.54) is 24.1 Å². The van der Waals surface area contributed by atoms with Gasteiger partial charge in [-0.3, -0.25) is 4.98 Å². The Morgan fingerprint density at radius 2 is 1.88 bits per heavy atom. The number of aromatic nitrogens is 3. The van der Waals surface area contributed by atoms with Crippen LogP contribution in [0, 0.1) is 0 Å². The normalized spacial score (nSPS) is 17.2. The number of pyridine rings is 1. The highest BCUT2D eigenvalue weighted by atomic mass is 15.1. The van der Waals surface area contributed by atoms with Crippen LogP contribution in [0.5, 0.6) is 0 Å². The van der Waals surface area contributed by atoms with Gasteiger partial charge < -0.3 is 9.88 Å². The van der Waals surface area contributed by atoms with Crippen molar-refractivity contribution in [1.82, 2.24) is 19.9 Å². The molecule has 1 aliphatic rings. The van der Waals surface area contributed by atoms with Crippen LogP contribution in [0.25, 0.3) is 11.3 Å². The van der Waals surface area contributed by atoms with Crippen LogP contribution in [0.2, 0.25) is 0 Å². The predicted octanol–water partition coefficient (Wildman–Crippen LogP) is 1.87. The monoisotopic (exact) mass is 228 g/mol. The number of rotatable bonds is 2. The van der Waals surface area contributed by atoms with Crippen molar-refractivity contribution in [3.05, 3.63) is 37.1 Å². The Labute approximate surface area is 101 Å². The lowest BCUT2D eigenvalue weighted by atomic mass is 10.1. The molecule has 0 saturated carbocycles. The second-order valence-corrected chi connectivity index (χ2v) is 4.40. The first kappa shape index (κ1) is 10.5. The van der Waals surface area contributed by atoms with Crippen LogP contribution < -0.4 is 5.32 Å². The van der Waals surface area contributed by atoms with Gasteiger partial charge in [-0.15, -0.1) is 0 Å². The summed E-state index contributed by atoms with van der Waals surface area (Å²) in [5, 5.41) is 3.39. The lowest BCUT2D eigenvalue weighted by Gasteiger charge is -2.25. The minimum Gasteiger partial charge on any atom is -0.327 e. The van der Waals surface area contributed by atoms with Crippen molar-refractivity contribution in [3.8, 4) is 11.3 Å². The molecular formula is C13H16N4. The molecule has 0 bridgehead atoms. The average Bonchev–Trinajstić information content (AvgIpc) is 2.90. The largest absolute Gasteiger partial charge is 0.327 e. The van der Waals surface area contributed by atoms with Gasteiger partial charge >= 0.3 is 0 Å². The topological polar surface area (TPSA) is 42.7 Å². The number of nitrogens with one attached hydrogen (secondary N) is 1. The van der Waals surface area contributed by atoms with Crippen molar-refractivity contribution in [2.45, 2.75) is 18.9 Å². The fourth-order valence-electron chi connectivity index (χ4n) is 2.43. The summed E-state index contributed by atoms with van der Waals surface area (Å²) in [6.07, 6.45) is 9.90. The van der Waals surface area contributed by atoms with E-state index in [0.717, 1.165) is 13.1 Å². The summed E-state index contributed by atoms with van der Waals surface area (Å²) in [4.78, 5) is 8.35. The van der Waals surface area contributed by atoms with Crippen molar-refractivity contribution in [2.24, 2.45) is 0 Å². The highest BCUT2D eigenvalue weighted by Crippen LogP contribution is 2.26. The first-order chi connectivity index (χ1) is 8.45. The molecule has 88 valence electrons. The molecule has 0 atom stereocenters. The molecule has 0 spiro atoms. The van der Waals surface area contributed by atoms with Gasteiger partial charge in [-0.05, 0) is 38.1 Å². The zero-order chi connectivity index (χ0) is 11.5. The summed E-state index contributed by atoms with van der Waals surface area (Å²) in [7, 11) is 0. The Morgan fingerprint density at radius 1 is 1.12 bits per heavy atom. The van der Waals surface area contributed by atoms with Gasteiger partial charge in [0.2, 0.25) is 0 Å². The van der Waals surface area contributed by atoms with Gasteiger partial charge in [0.15, 0.2) is 0 Å². The van der Waals surface area contributed by atoms with Crippen LogP contribution in [0.4, 0.5) is 0 Å². The second-order valence-electron chi connectivity index (χ2n) is 4.40. The molecular weight excluding hydrogens is 212 g/mol. The predicted molar refractivity (Wildman–Crippen MR) is 66.6 cm³/mol. The molecule has 4 nitrogen and oxygen atoms in total. The molecule has 17 heavy (non-hydrogen) atoms. The first-order valence-corrected chi connectivity index (χ1v) is 6.08. The SMILES string of the molecule is c1cc(-c2cncn2C2CCNCC2)ccn1. The fourth-order valence-corrected chi connectivity index (χ4v) is 2.43. The minimum atomic E-state index is 0.571. The molecule has 1 fully saturated rings. The maximum Gasteiger partial charge on any atom is 0.0953 e. The van der Waals surface area contributed by atoms with E-state index in [1.54, 1.807) is 0 Å². The third-order valence-corrected chi connectivity index (χ3v) is 3.34. The quantitative estimate of drug-likeness (QED) is 0.853. The van der Waals surface area contributed by atoms with Crippen molar-refractivity contribution in [2.75, 3.05) is 13.1 Å². The smallest absolute Gasteiger partial charge is 0.0953 e. The van der Waals surface area contributed by atoms with Crippen LogP contribution in [0.3, 0.4) is 0 Å². The third-order valence-electron chi connectivity index (χ3n) is 3.34. The number of hydrogen-bond donors (Lipinski definition) is 1. The van der Waals surface area contributed by atoms with Gasteiger partial charge in [0.05, 0.1) is 18.2 Å². The van der Waals surface area contributed by atoms with Crippen LogP contribution in [-0.4, -0.2) is 27.6 Å². The summed E-state index contributed by atoms with van der Waals surface area (Å²) < 4.78 is 2.30. The molecule has 1 N–H and O–H groups in total. The molecule has 0 unspecified atom stereocenters. The van der Waals surface area contributed by atoms with Gasteiger partial charge in [-0.1, -0.05) is 0 Å². The number of nitrogens with zero attached hydrogens (tertiary/aromatic N) is 3. The zero-order valence-electron chi connectivity index (χ0n) is 9.71. The number of piperidine rings is 1. The highest BCUT2D eigenvalue weighted by Gasteiger charge is 2.17. The van der Waals surface area contributed by atoms with Crippen LogP contribution >= 0.6 is 0 Å². The van der Waals surface area contributed by atoms with Crippen LogP contribution in [0.15, 0.2) is 37.1 Å². The summed E-state index contributed by atoms with van der Waals surface area (Å²) in [6, 6.07) is 4.64. The molecule has 0 amide bonds. The van der Waals surface area contributed by atoms with Crippen LogP contribution in [0.1, 0.15) is 18.9 Å². The molecule has 2 aromatic heterocycles. The van der Waals surface area contributed by atoms with E-state index in [0.29, 0.717) is 6.04 Å². The molecule has 1 aliphatic heterocycles. The maximum absolute atomic E-state index is 4.30. The van der Waals surface area contributed by atoms with Crippen molar-refractivity contribution in [1.29, 1.82) is 0 Å². The van der Waals surface area contributed by atoms with E-state index < -0.39 is 0 Å².